The van der Waals surface area contributed by atoms with Gasteiger partial charge in [-0.1, -0.05) is 18.2 Å². The first-order valence-electron chi connectivity index (χ1n) is 8.74. The molecule has 0 bridgehead atoms. The summed E-state index contributed by atoms with van der Waals surface area (Å²) in [7, 11) is 1.71. The smallest absolute Gasteiger partial charge is 0.370 e. The van der Waals surface area contributed by atoms with E-state index in [1.54, 1.807) is 24.5 Å². The van der Waals surface area contributed by atoms with E-state index >= 15 is 0 Å². The predicted octanol–water partition coefficient (Wildman–Crippen LogP) is 3.96. The zero-order valence-electron chi connectivity index (χ0n) is 15.0. The van der Waals surface area contributed by atoms with E-state index in [1.165, 1.54) is 17.0 Å². The fraction of sp³-hybridized carbons (Fsp3) is 0.421. The molecule has 1 aromatic heterocycles. The highest BCUT2D eigenvalue weighted by Crippen LogP contribution is 2.32. The molecular weight excluding hydrogens is 375 g/mol. The van der Waals surface area contributed by atoms with E-state index in [4.69, 9.17) is 4.74 Å². The highest BCUT2D eigenvalue weighted by Gasteiger charge is 2.32. The molecule has 1 atom stereocenters. The quantitative estimate of drug-likeness (QED) is 0.627. The normalized spacial score (nSPS) is 18.6. The van der Waals surface area contributed by atoms with Crippen molar-refractivity contribution in [3.8, 4) is 0 Å². The Morgan fingerprint density at radius 1 is 1.33 bits per heavy atom. The zero-order chi connectivity index (χ0) is 19.3. The standard InChI is InChI=1S/C19H22F3N3OS/c1-23-18(24-8-7-16-6-3-11-27-16)25-9-10-26-17(13-25)14-4-2-5-15(12-14)19(20,21)22/h2-6,11-12,17H,7-10,13H2,1H3,(H,23,24). The number of benzene rings is 1. The van der Waals surface area contributed by atoms with Crippen molar-refractivity contribution in [2.24, 2.45) is 4.99 Å². The first kappa shape index (κ1) is 19.7. The summed E-state index contributed by atoms with van der Waals surface area (Å²) >= 11 is 1.71. The molecule has 0 saturated carbocycles. The van der Waals surface area contributed by atoms with Gasteiger partial charge in [0.05, 0.1) is 18.7 Å². The van der Waals surface area contributed by atoms with Crippen LogP contribution >= 0.6 is 11.3 Å². The lowest BCUT2D eigenvalue weighted by atomic mass is 10.0. The fourth-order valence-corrected chi connectivity index (χ4v) is 3.75. The first-order chi connectivity index (χ1) is 13.0. The van der Waals surface area contributed by atoms with E-state index < -0.39 is 17.8 Å². The van der Waals surface area contributed by atoms with Crippen LogP contribution in [0.5, 0.6) is 0 Å². The number of aliphatic imine (C=N–C) groups is 1. The average Bonchev–Trinajstić information content (AvgIpc) is 3.18. The van der Waals surface area contributed by atoms with E-state index in [0.29, 0.717) is 25.3 Å². The second-order valence-electron chi connectivity index (χ2n) is 6.23. The van der Waals surface area contributed by atoms with Crippen LogP contribution in [0.2, 0.25) is 0 Å². The Morgan fingerprint density at radius 2 is 2.19 bits per heavy atom. The summed E-state index contributed by atoms with van der Waals surface area (Å²) in [6, 6.07) is 9.46. The minimum atomic E-state index is -4.36. The van der Waals surface area contributed by atoms with Crippen molar-refractivity contribution >= 4 is 17.3 Å². The summed E-state index contributed by atoms with van der Waals surface area (Å²) in [5.74, 6) is 0.742. The Kier molecular flexibility index (Phi) is 6.38. The van der Waals surface area contributed by atoms with Gasteiger partial charge in [0.25, 0.3) is 0 Å². The molecule has 146 valence electrons. The maximum absolute atomic E-state index is 13.0. The molecule has 27 heavy (non-hydrogen) atoms. The van der Waals surface area contributed by atoms with Gasteiger partial charge >= 0.3 is 6.18 Å². The van der Waals surface area contributed by atoms with Crippen LogP contribution < -0.4 is 5.32 Å². The van der Waals surface area contributed by atoms with Crippen LogP contribution in [0.25, 0.3) is 0 Å². The van der Waals surface area contributed by atoms with Crippen molar-refractivity contribution in [1.29, 1.82) is 0 Å². The van der Waals surface area contributed by atoms with Gasteiger partial charge in [0.2, 0.25) is 0 Å². The third-order valence-corrected chi connectivity index (χ3v) is 5.33. The van der Waals surface area contributed by atoms with Crippen molar-refractivity contribution in [2.75, 3.05) is 33.3 Å². The number of rotatable bonds is 4. The van der Waals surface area contributed by atoms with Gasteiger partial charge in [0.15, 0.2) is 5.96 Å². The van der Waals surface area contributed by atoms with Gasteiger partial charge in [-0.2, -0.15) is 13.2 Å². The molecule has 3 rings (SSSR count). The molecule has 2 heterocycles. The second kappa shape index (κ2) is 8.75. The Balaban J connectivity index is 1.62. The van der Waals surface area contributed by atoms with Crippen molar-refractivity contribution < 1.29 is 17.9 Å². The van der Waals surface area contributed by atoms with E-state index in [-0.39, 0.29) is 0 Å². The molecule has 8 heteroatoms. The number of guanidine groups is 1. The lowest BCUT2D eigenvalue weighted by molar-refractivity contribution is -0.137. The third kappa shape index (κ3) is 5.23. The molecule has 1 saturated heterocycles. The monoisotopic (exact) mass is 397 g/mol. The Labute approximate surface area is 160 Å². The SMILES string of the molecule is CN=C(NCCc1cccs1)N1CCOC(c2cccc(C(F)(F)F)c2)C1. The number of hydrogen-bond acceptors (Lipinski definition) is 3. The van der Waals surface area contributed by atoms with Crippen LogP contribution in [0.3, 0.4) is 0 Å². The van der Waals surface area contributed by atoms with Crippen LogP contribution in [-0.4, -0.2) is 44.1 Å². The Hall–Kier alpha value is -2.06. The van der Waals surface area contributed by atoms with Crippen molar-refractivity contribution in [3.05, 3.63) is 57.8 Å². The van der Waals surface area contributed by atoms with Crippen LogP contribution in [0, 0.1) is 0 Å². The number of morpholine rings is 1. The molecule has 1 unspecified atom stereocenters. The largest absolute Gasteiger partial charge is 0.416 e. The summed E-state index contributed by atoms with van der Waals surface area (Å²) in [5, 5.41) is 5.38. The molecule has 4 nitrogen and oxygen atoms in total. The molecule has 1 aliphatic heterocycles. The van der Waals surface area contributed by atoms with Crippen LogP contribution in [-0.2, 0) is 17.3 Å². The molecule has 1 aromatic carbocycles. The van der Waals surface area contributed by atoms with Crippen molar-refractivity contribution in [1.82, 2.24) is 10.2 Å². The lowest BCUT2D eigenvalue weighted by Crippen LogP contribution is -2.48. The highest BCUT2D eigenvalue weighted by atomic mass is 32.1. The predicted molar refractivity (Wildman–Crippen MR) is 101 cm³/mol. The first-order valence-corrected chi connectivity index (χ1v) is 9.62. The van der Waals surface area contributed by atoms with Gasteiger partial charge in [-0.3, -0.25) is 4.99 Å². The number of halogens is 3. The molecule has 1 fully saturated rings. The topological polar surface area (TPSA) is 36.9 Å². The van der Waals surface area contributed by atoms with Gasteiger partial charge in [0, 0.05) is 25.0 Å². The number of nitrogens with one attached hydrogen (secondary N) is 1. The lowest BCUT2D eigenvalue weighted by Gasteiger charge is -2.35. The zero-order valence-corrected chi connectivity index (χ0v) is 15.8. The van der Waals surface area contributed by atoms with Gasteiger partial charge in [0.1, 0.15) is 6.10 Å². The summed E-state index contributed by atoms with van der Waals surface area (Å²) in [5.41, 5.74) is -0.122. The van der Waals surface area contributed by atoms with E-state index in [1.807, 2.05) is 16.3 Å². The number of thiophene rings is 1. The Morgan fingerprint density at radius 3 is 2.89 bits per heavy atom. The van der Waals surface area contributed by atoms with Crippen LogP contribution in [0.4, 0.5) is 13.2 Å². The van der Waals surface area contributed by atoms with Gasteiger partial charge < -0.3 is 15.0 Å². The molecule has 0 radical (unpaired) electrons. The van der Waals surface area contributed by atoms with Gasteiger partial charge in [-0.25, -0.2) is 0 Å². The maximum Gasteiger partial charge on any atom is 0.416 e. The van der Waals surface area contributed by atoms with Crippen molar-refractivity contribution in [3.63, 3.8) is 0 Å². The third-order valence-electron chi connectivity index (χ3n) is 4.40. The molecule has 2 aromatic rings. The van der Waals surface area contributed by atoms with Gasteiger partial charge in [-0.15, -0.1) is 11.3 Å². The minimum Gasteiger partial charge on any atom is -0.370 e. The molecule has 0 aliphatic carbocycles. The second-order valence-corrected chi connectivity index (χ2v) is 7.26. The van der Waals surface area contributed by atoms with Crippen molar-refractivity contribution in [2.45, 2.75) is 18.7 Å². The summed E-state index contributed by atoms with van der Waals surface area (Å²) in [4.78, 5) is 7.64. The highest BCUT2D eigenvalue weighted by molar-refractivity contribution is 7.09. The fourth-order valence-electron chi connectivity index (χ4n) is 3.04. The van der Waals surface area contributed by atoms with E-state index in [2.05, 4.69) is 16.4 Å². The van der Waals surface area contributed by atoms with E-state index in [0.717, 1.165) is 25.0 Å². The summed E-state index contributed by atoms with van der Waals surface area (Å²) in [6.45, 7) is 2.29. The summed E-state index contributed by atoms with van der Waals surface area (Å²) < 4.78 is 44.6. The Bertz CT molecular complexity index is 762. The molecule has 0 amide bonds. The summed E-state index contributed by atoms with van der Waals surface area (Å²) in [6.07, 6.45) is -3.88. The molecular formula is C19H22F3N3OS. The number of ether oxygens (including phenoxy) is 1. The maximum atomic E-state index is 13.0. The number of hydrogen-bond donors (Lipinski definition) is 1. The van der Waals surface area contributed by atoms with Crippen LogP contribution in [0.15, 0.2) is 46.8 Å². The van der Waals surface area contributed by atoms with Crippen LogP contribution in [0.1, 0.15) is 22.1 Å². The molecule has 0 spiro atoms. The average molecular weight is 397 g/mol. The molecule has 1 N–H and O–H groups in total. The van der Waals surface area contributed by atoms with E-state index in [9.17, 15) is 13.2 Å². The number of alkyl halides is 3. The minimum absolute atomic E-state index is 0.420. The number of nitrogens with zero attached hydrogens (tertiary/aromatic N) is 2. The van der Waals surface area contributed by atoms with Gasteiger partial charge in [-0.05, 0) is 35.6 Å². The molecule has 1 aliphatic rings.